The van der Waals surface area contributed by atoms with Crippen LogP contribution in [-0.4, -0.2) is 5.91 Å². The van der Waals surface area contributed by atoms with Gasteiger partial charge in [0.25, 0.3) is 0 Å². The van der Waals surface area contributed by atoms with Crippen LogP contribution in [0.3, 0.4) is 0 Å². The van der Waals surface area contributed by atoms with Gasteiger partial charge in [-0.1, -0.05) is 20.4 Å². The van der Waals surface area contributed by atoms with E-state index in [0.717, 1.165) is 18.5 Å². The number of allylic oxidation sites excluding steroid dienone is 1. The van der Waals surface area contributed by atoms with Crippen molar-refractivity contribution in [2.24, 2.45) is 11.8 Å². The maximum absolute atomic E-state index is 11.3. The van der Waals surface area contributed by atoms with Crippen LogP contribution >= 0.6 is 0 Å². The fourth-order valence-electron chi connectivity index (χ4n) is 0.973. The molecule has 0 unspecified atom stereocenters. The van der Waals surface area contributed by atoms with Gasteiger partial charge in [0, 0.05) is 11.8 Å². The Kier molecular flexibility index (Phi) is 2.72. The van der Waals surface area contributed by atoms with Crippen molar-refractivity contribution in [2.45, 2.75) is 26.7 Å². The van der Waals surface area contributed by atoms with Crippen molar-refractivity contribution >= 4 is 5.91 Å². The second kappa shape index (κ2) is 3.59. The SMILES string of the molecule is C=C=C(NC(=O)C1CC1)C(C)C. The Morgan fingerprint density at radius 2 is 2.17 bits per heavy atom. The molecule has 0 atom stereocenters. The number of carbonyl (C=O) groups is 1. The molecule has 0 radical (unpaired) electrons. The molecule has 1 amide bonds. The average molecular weight is 165 g/mol. The highest BCUT2D eigenvalue weighted by molar-refractivity contribution is 5.82. The molecular formula is C10H15NO. The minimum absolute atomic E-state index is 0.134. The highest BCUT2D eigenvalue weighted by atomic mass is 16.2. The van der Waals surface area contributed by atoms with Crippen molar-refractivity contribution in [2.75, 3.05) is 0 Å². The van der Waals surface area contributed by atoms with Crippen LogP contribution < -0.4 is 5.32 Å². The van der Waals surface area contributed by atoms with E-state index in [1.165, 1.54) is 0 Å². The molecular weight excluding hydrogens is 150 g/mol. The summed E-state index contributed by atoms with van der Waals surface area (Å²) < 4.78 is 0. The van der Waals surface area contributed by atoms with E-state index in [9.17, 15) is 4.79 Å². The Hall–Kier alpha value is -1.01. The second-order valence-electron chi connectivity index (χ2n) is 3.51. The minimum atomic E-state index is 0.134. The van der Waals surface area contributed by atoms with E-state index in [0.29, 0.717) is 5.92 Å². The second-order valence-corrected chi connectivity index (χ2v) is 3.51. The lowest BCUT2D eigenvalue weighted by Gasteiger charge is -2.09. The topological polar surface area (TPSA) is 29.1 Å². The number of nitrogens with one attached hydrogen (secondary N) is 1. The summed E-state index contributed by atoms with van der Waals surface area (Å²) in [5.41, 5.74) is 3.56. The van der Waals surface area contributed by atoms with Gasteiger partial charge in [-0.15, -0.1) is 5.73 Å². The molecule has 0 aromatic carbocycles. The Balaban J connectivity index is 2.47. The first-order valence-corrected chi connectivity index (χ1v) is 4.36. The molecule has 2 nitrogen and oxygen atoms in total. The summed E-state index contributed by atoms with van der Waals surface area (Å²) in [4.78, 5) is 11.3. The summed E-state index contributed by atoms with van der Waals surface area (Å²) >= 11 is 0. The van der Waals surface area contributed by atoms with Crippen molar-refractivity contribution in [1.82, 2.24) is 5.32 Å². The highest BCUT2D eigenvalue weighted by Crippen LogP contribution is 2.29. The van der Waals surface area contributed by atoms with Gasteiger partial charge in [-0.05, 0) is 12.8 Å². The molecule has 0 saturated heterocycles. The van der Waals surface area contributed by atoms with E-state index in [2.05, 4.69) is 17.6 Å². The molecule has 1 aliphatic carbocycles. The van der Waals surface area contributed by atoms with Crippen molar-refractivity contribution in [3.63, 3.8) is 0 Å². The van der Waals surface area contributed by atoms with Crippen LogP contribution in [-0.2, 0) is 4.79 Å². The van der Waals surface area contributed by atoms with E-state index >= 15 is 0 Å². The van der Waals surface area contributed by atoms with Crippen LogP contribution in [0.2, 0.25) is 0 Å². The molecule has 0 aromatic heterocycles. The smallest absolute Gasteiger partial charge is 0.227 e. The zero-order valence-corrected chi connectivity index (χ0v) is 7.68. The molecule has 1 N–H and O–H groups in total. The largest absolute Gasteiger partial charge is 0.323 e. The fourth-order valence-corrected chi connectivity index (χ4v) is 0.973. The van der Waals surface area contributed by atoms with E-state index in [1.807, 2.05) is 13.8 Å². The fraction of sp³-hybridized carbons (Fsp3) is 0.600. The molecule has 0 aliphatic heterocycles. The zero-order valence-electron chi connectivity index (χ0n) is 7.68. The molecule has 0 bridgehead atoms. The maximum atomic E-state index is 11.3. The normalized spacial score (nSPS) is 15.6. The van der Waals surface area contributed by atoms with Crippen molar-refractivity contribution in [3.05, 3.63) is 18.0 Å². The molecule has 66 valence electrons. The van der Waals surface area contributed by atoms with E-state index in [-0.39, 0.29) is 11.8 Å². The Bertz CT molecular complexity index is 232. The molecule has 0 heterocycles. The molecule has 1 saturated carbocycles. The van der Waals surface area contributed by atoms with Gasteiger partial charge in [-0.2, -0.15) is 0 Å². The number of hydrogen-bond acceptors (Lipinski definition) is 1. The van der Waals surface area contributed by atoms with Gasteiger partial charge in [-0.25, -0.2) is 0 Å². The quantitative estimate of drug-likeness (QED) is 0.635. The summed E-state index contributed by atoms with van der Waals surface area (Å²) in [6.45, 7) is 7.57. The Morgan fingerprint density at radius 3 is 2.50 bits per heavy atom. The number of hydrogen-bond donors (Lipinski definition) is 1. The Labute approximate surface area is 73.4 Å². The first-order chi connectivity index (χ1) is 5.65. The lowest BCUT2D eigenvalue weighted by Crippen LogP contribution is -2.26. The number of carbonyl (C=O) groups excluding carboxylic acids is 1. The van der Waals surface area contributed by atoms with Crippen LogP contribution in [0.5, 0.6) is 0 Å². The van der Waals surface area contributed by atoms with Crippen molar-refractivity contribution in [3.8, 4) is 0 Å². The zero-order chi connectivity index (χ0) is 9.14. The van der Waals surface area contributed by atoms with E-state index < -0.39 is 0 Å². The Morgan fingerprint density at radius 1 is 1.58 bits per heavy atom. The van der Waals surface area contributed by atoms with Gasteiger partial charge < -0.3 is 5.32 Å². The van der Waals surface area contributed by atoms with Crippen LogP contribution in [0.25, 0.3) is 0 Å². The molecule has 0 spiro atoms. The highest BCUT2D eigenvalue weighted by Gasteiger charge is 2.30. The summed E-state index contributed by atoms with van der Waals surface area (Å²) in [5, 5.41) is 2.83. The maximum Gasteiger partial charge on any atom is 0.227 e. The predicted octanol–water partition coefficient (Wildman–Crippen LogP) is 1.84. The lowest BCUT2D eigenvalue weighted by atomic mass is 10.1. The van der Waals surface area contributed by atoms with Crippen molar-refractivity contribution < 1.29 is 4.79 Å². The third-order valence-electron chi connectivity index (χ3n) is 1.97. The van der Waals surface area contributed by atoms with Crippen LogP contribution in [0.15, 0.2) is 18.0 Å². The number of rotatable bonds is 3. The van der Waals surface area contributed by atoms with Crippen LogP contribution in [0, 0.1) is 11.8 Å². The average Bonchev–Trinajstić information content (AvgIpc) is 2.80. The van der Waals surface area contributed by atoms with Crippen LogP contribution in [0.1, 0.15) is 26.7 Å². The predicted molar refractivity (Wildman–Crippen MR) is 48.4 cm³/mol. The van der Waals surface area contributed by atoms with Gasteiger partial charge in [0.15, 0.2) is 0 Å². The lowest BCUT2D eigenvalue weighted by molar-refractivity contribution is -0.121. The standard InChI is InChI=1S/C10H15NO/c1-4-9(7(2)3)11-10(12)8-5-6-8/h7-8H,1,5-6H2,2-3H3,(H,11,12). The first kappa shape index (κ1) is 9.08. The van der Waals surface area contributed by atoms with E-state index in [4.69, 9.17) is 0 Å². The number of amides is 1. The van der Waals surface area contributed by atoms with Gasteiger partial charge in [0.05, 0.1) is 5.70 Å². The monoisotopic (exact) mass is 165 g/mol. The molecule has 1 fully saturated rings. The summed E-state index contributed by atoms with van der Waals surface area (Å²) in [6.07, 6.45) is 2.07. The summed E-state index contributed by atoms with van der Waals surface area (Å²) in [6, 6.07) is 0. The van der Waals surface area contributed by atoms with Crippen molar-refractivity contribution in [1.29, 1.82) is 0 Å². The molecule has 1 rings (SSSR count). The molecule has 1 aliphatic rings. The van der Waals surface area contributed by atoms with E-state index in [1.54, 1.807) is 0 Å². The van der Waals surface area contributed by atoms with Gasteiger partial charge in [0.1, 0.15) is 0 Å². The van der Waals surface area contributed by atoms with Crippen LogP contribution in [0.4, 0.5) is 0 Å². The molecule has 0 aromatic rings. The summed E-state index contributed by atoms with van der Waals surface area (Å²) in [7, 11) is 0. The molecule has 2 heteroatoms. The van der Waals surface area contributed by atoms with Gasteiger partial charge >= 0.3 is 0 Å². The first-order valence-electron chi connectivity index (χ1n) is 4.36. The summed E-state index contributed by atoms with van der Waals surface area (Å²) in [5.74, 6) is 0.687. The molecule has 12 heavy (non-hydrogen) atoms. The van der Waals surface area contributed by atoms with Gasteiger partial charge in [-0.3, -0.25) is 4.79 Å². The third-order valence-corrected chi connectivity index (χ3v) is 1.97. The van der Waals surface area contributed by atoms with Gasteiger partial charge in [0.2, 0.25) is 5.91 Å². The third kappa shape index (κ3) is 2.24. The minimum Gasteiger partial charge on any atom is -0.323 e.